The van der Waals surface area contributed by atoms with Gasteiger partial charge in [0.25, 0.3) is 0 Å². The fourth-order valence-corrected chi connectivity index (χ4v) is 3.58. The van der Waals surface area contributed by atoms with Crippen LogP contribution in [0.4, 0.5) is 0 Å². The highest BCUT2D eigenvalue weighted by atomic mass is 16.5. The first-order chi connectivity index (χ1) is 13.3. The van der Waals surface area contributed by atoms with Crippen LogP contribution in [0.15, 0.2) is 48.5 Å². The predicted molar refractivity (Wildman–Crippen MR) is 113 cm³/mol. The van der Waals surface area contributed by atoms with Gasteiger partial charge in [-0.2, -0.15) is 0 Å². The van der Waals surface area contributed by atoms with E-state index in [0.29, 0.717) is 5.92 Å². The second kappa shape index (κ2) is 11.0. The number of hydrogen-bond donors (Lipinski definition) is 0. The summed E-state index contributed by atoms with van der Waals surface area (Å²) in [7, 11) is 0. The molecular formula is C25H33O2. The molecule has 27 heavy (non-hydrogen) atoms. The number of benzene rings is 2. The highest BCUT2D eigenvalue weighted by Gasteiger charge is 2.14. The van der Waals surface area contributed by atoms with E-state index in [2.05, 4.69) is 61.9 Å². The molecular weight excluding hydrogens is 332 g/mol. The Morgan fingerprint density at radius 1 is 0.741 bits per heavy atom. The van der Waals surface area contributed by atoms with Gasteiger partial charge < -0.3 is 9.47 Å². The van der Waals surface area contributed by atoms with Crippen molar-refractivity contribution in [3.05, 3.63) is 55.0 Å². The molecule has 1 radical (unpaired) electrons. The normalized spacial score (nSPS) is 14.9. The standard InChI is InChI=1S/C25H33O2/c1-2-3-4-8-19-26-24-15-11-22(12-16-24)23-13-17-25(18-14-23)27-20-21-9-6-5-7-10-21/h5,11-18,21H,2-4,6-10,19-20H2,1H3. The quantitative estimate of drug-likeness (QED) is 0.419. The maximum absolute atomic E-state index is 5.99. The molecule has 2 aromatic carbocycles. The maximum Gasteiger partial charge on any atom is 0.119 e. The molecule has 0 unspecified atom stereocenters. The average Bonchev–Trinajstić information content (AvgIpc) is 2.74. The maximum atomic E-state index is 5.99. The Morgan fingerprint density at radius 3 is 1.93 bits per heavy atom. The van der Waals surface area contributed by atoms with Crippen LogP contribution in [0, 0.1) is 12.3 Å². The molecule has 0 aromatic heterocycles. The molecule has 0 atom stereocenters. The molecule has 0 heterocycles. The summed E-state index contributed by atoms with van der Waals surface area (Å²) in [6.07, 6.45) is 12.4. The van der Waals surface area contributed by atoms with Crippen LogP contribution in [0.25, 0.3) is 11.1 Å². The zero-order chi connectivity index (χ0) is 18.7. The molecule has 1 saturated carbocycles. The van der Waals surface area contributed by atoms with Gasteiger partial charge in [0.15, 0.2) is 0 Å². The molecule has 1 aliphatic carbocycles. The molecule has 2 nitrogen and oxygen atoms in total. The van der Waals surface area contributed by atoms with Gasteiger partial charge in [0.2, 0.25) is 0 Å². The Balaban J connectivity index is 1.46. The lowest BCUT2D eigenvalue weighted by molar-refractivity contribution is 0.221. The molecule has 145 valence electrons. The van der Waals surface area contributed by atoms with Crippen LogP contribution in [-0.2, 0) is 0 Å². The highest BCUT2D eigenvalue weighted by Crippen LogP contribution is 2.27. The summed E-state index contributed by atoms with van der Waals surface area (Å²) in [5, 5.41) is 0. The first-order valence-electron chi connectivity index (χ1n) is 10.6. The van der Waals surface area contributed by atoms with E-state index in [4.69, 9.17) is 9.47 Å². The molecule has 0 N–H and O–H groups in total. The first kappa shape index (κ1) is 19.8. The molecule has 1 fully saturated rings. The second-order valence-corrected chi connectivity index (χ2v) is 7.58. The van der Waals surface area contributed by atoms with Gasteiger partial charge in [-0.15, -0.1) is 0 Å². The Labute approximate surface area is 164 Å². The van der Waals surface area contributed by atoms with E-state index >= 15 is 0 Å². The van der Waals surface area contributed by atoms with Crippen LogP contribution in [0.2, 0.25) is 0 Å². The minimum atomic E-state index is 0.712. The van der Waals surface area contributed by atoms with Crippen LogP contribution in [0.1, 0.15) is 58.3 Å². The summed E-state index contributed by atoms with van der Waals surface area (Å²) < 4.78 is 11.8. The second-order valence-electron chi connectivity index (χ2n) is 7.58. The van der Waals surface area contributed by atoms with Crippen LogP contribution in [0.5, 0.6) is 11.5 Å². The van der Waals surface area contributed by atoms with Crippen molar-refractivity contribution in [1.82, 2.24) is 0 Å². The van der Waals surface area contributed by atoms with E-state index < -0.39 is 0 Å². The average molecular weight is 366 g/mol. The van der Waals surface area contributed by atoms with Gasteiger partial charge >= 0.3 is 0 Å². The summed E-state index contributed by atoms with van der Waals surface area (Å²) >= 11 is 0. The molecule has 1 aliphatic rings. The van der Waals surface area contributed by atoms with Crippen molar-refractivity contribution in [3.8, 4) is 22.6 Å². The molecule has 0 bridgehead atoms. The topological polar surface area (TPSA) is 18.5 Å². The van der Waals surface area contributed by atoms with Crippen molar-refractivity contribution in [3.63, 3.8) is 0 Å². The zero-order valence-electron chi connectivity index (χ0n) is 16.7. The van der Waals surface area contributed by atoms with Crippen molar-refractivity contribution < 1.29 is 9.47 Å². The van der Waals surface area contributed by atoms with Gasteiger partial charge in [0.1, 0.15) is 11.5 Å². The van der Waals surface area contributed by atoms with E-state index in [-0.39, 0.29) is 0 Å². The predicted octanol–water partition coefficient (Wildman–Crippen LogP) is 7.09. The Bertz CT molecular complexity index is 639. The lowest BCUT2D eigenvalue weighted by Crippen LogP contribution is -2.15. The molecule has 0 saturated heterocycles. The fourth-order valence-electron chi connectivity index (χ4n) is 3.58. The van der Waals surface area contributed by atoms with E-state index in [9.17, 15) is 0 Å². The minimum Gasteiger partial charge on any atom is -0.494 e. The van der Waals surface area contributed by atoms with Crippen molar-refractivity contribution in [2.24, 2.45) is 5.92 Å². The van der Waals surface area contributed by atoms with E-state index in [1.807, 2.05) is 0 Å². The monoisotopic (exact) mass is 365 g/mol. The largest absolute Gasteiger partial charge is 0.494 e. The number of unbranched alkanes of at least 4 members (excludes halogenated alkanes) is 3. The summed E-state index contributed by atoms with van der Waals surface area (Å²) in [4.78, 5) is 0. The lowest BCUT2D eigenvalue weighted by atomic mass is 9.90. The first-order valence-corrected chi connectivity index (χ1v) is 10.6. The lowest BCUT2D eigenvalue weighted by Gasteiger charge is -2.21. The molecule has 0 spiro atoms. The minimum absolute atomic E-state index is 0.712. The van der Waals surface area contributed by atoms with Gasteiger partial charge in [-0.25, -0.2) is 0 Å². The van der Waals surface area contributed by atoms with E-state index in [0.717, 1.165) is 31.1 Å². The summed E-state index contributed by atoms with van der Waals surface area (Å²) in [5.41, 5.74) is 2.42. The third-order valence-corrected chi connectivity index (χ3v) is 5.35. The molecule has 2 aromatic rings. The van der Waals surface area contributed by atoms with Gasteiger partial charge in [0.05, 0.1) is 13.2 Å². The van der Waals surface area contributed by atoms with Gasteiger partial charge in [0, 0.05) is 0 Å². The molecule has 3 rings (SSSR count). The summed E-state index contributed by atoms with van der Waals surface area (Å²) in [6, 6.07) is 16.9. The molecule has 0 aliphatic heterocycles. The Kier molecular flexibility index (Phi) is 8.07. The smallest absolute Gasteiger partial charge is 0.119 e. The molecule has 2 heteroatoms. The van der Waals surface area contributed by atoms with E-state index in [1.165, 1.54) is 56.1 Å². The number of hydrogen-bond acceptors (Lipinski definition) is 2. The van der Waals surface area contributed by atoms with Crippen LogP contribution < -0.4 is 9.47 Å². The summed E-state index contributed by atoms with van der Waals surface area (Å²) in [5.74, 6) is 2.64. The SMILES string of the molecule is CCCCCCOc1ccc(-c2ccc(OCC3CC[CH]CC3)cc2)cc1. The fraction of sp³-hybridized carbons (Fsp3) is 0.480. The van der Waals surface area contributed by atoms with E-state index in [1.54, 1.807) is 0 Å². The van der Waals surface area contributed by atoms with Crippen molar-refractivity contribution in [2.75, 3.05) is 13.2 Å². The van der Waals surface area contributed by atoms with Crippen LogP contribution in [-0.4, -0.2) is 13.2 Å². The number of ether oxygens (including phenoxy) is 2. The highest BCUT2D eigenvalue weighted by molar-refractivity contribution is 5.64. The third kappa shape index (κ3) is 6.61. The van der Waals surface area contributed by atoms with Crippen molar-refractivity contribution in [1.29, 1.82) is 0 Å². The van der Waals surface area contributed by atoms with Crippen LogP contribution in [0.3, 0.4) is 0 Å². The van der Waals surface area contributed by atoms with Crippen LogP contribution >= 0.6 is 0 Å². The van der Waals surface area contributed by atoms with Gasteiger partial charge in [-0.1, -0.05) is 50.5 Å². The van der Waals surface area contributed by atoms with Crippen molar-refractivity contribution >= 4 is 0 Å². The van der Waals surface area contributed by atoms with Crippen molar-refractivity contribution in [2.45, 2.75) is 58.3 Å². The third-order valence-electron chi connectivity index (χ3n) is 5.35. The van der Waals surface area contributed by atoms with Gasteiger partial charge in [-0.05, 0) is 79.8 Å². The summed E-state index contributed by atoms with van der Waals surface area (Å²) in [6.45, 7) is 3.88. The number of rotatable bonds is 10. The molecule has 0 amide bonds. The van der Waals surface area contributed by atoms with Gasteiger partial charge in [-0.3, -0.25) is 0 Å². The zero-order valence-corrected chi connectivity index (χ0v) is 16.7. The Hall–Kier alpha value is -1.96. The Morgan fingerprint density at radius 2 is 1.33 bits per heavy atom.